The number of nitrogen functional groups attached to an aromatic ring is 1. The second-order valence-electron chi connectivity index (χ2n) is 2.75. The van der Waals surface area contributed by atoms with Crippen LogP contribution in [-0.4, -0.2) is 28.7 Å². The molecule has 0 aliphatic heterocycles. The molecule has 0 aromatic carbocycles. The molecule has 0 saturated heterocycles. The second kappa shape index (κ2) is 4.06. The minimum absolute atomic E-state index is 0.287. The van der Waals surface area contributed by atoms with Gasteiger partial charge in [0.15, 0.2) is 5.82 Å². The van der Waals surface area contributed by atoms with Crippen molar-refractivity contribution in [1.82, 2.24) is 15.0 Å². The summed E-state index contributed by atoms with van der Waals surface area (Å²) >= 11 is 0. The molecule has 0 saturated carbocycles. The molecule has 1 atom stereocenters. The fourth-order valence-corrected chi connectivity index (χ4v) is 0.927. The molecule has 2 N–H and O–H groups in total. The van der Waals surface area contributed by atoms with Crippen LogP contribution < -0.4 is 5.73 Å². The Bertz CT molecular complexity index is 235. The normalized spacial score (nSPS) is 13.2. The first kappa shape index (κ1) is 8.99. The zero-order valence-corrected chi connectivity index (χ0v) is 7.40. The summed E-state index contributed by atoms with van der Waals surface area (Å²) in [4.78, 5) is 0. The minimum Gasteiger partial charge on any atom is -0.385 e. The van der Waals surface area contributed by atoms with Crippen LogP contribution in [0.2, 0.25) is 0 Å². The van der Waals surface area contributed by atoms with Gasteiger partial charge >= 0.3 is 0 Å². The van der Waals surface area contributed by atoms with E-state index in [1.54, 1.807) is 18.0 Å². The lowest BCUT2D eigenvalue weighted by atomic mass is 10.2. The van der Waals surface area contributed by atoms with E-state index in [1.807, 2.05) is 6.92 Å². The zero-order valence-electron chi connectivity index (χ0n) is 7.40. The van der Waals surface area contributed by atoms with Crippen molar-refractivity contribution >= 4 is 5.82 Å². The Morgan fingerprint density at radius 3 is 3.00 bits per heavy atom. The maximum Gasteiger partial charge on any atom is 0.165 e. The zero-order chi connectivity index (χ0) is 8.97. The van der Waals surface area contributed by atoms with Crippen molar-refractivity contribution in [1.29, 1.82) is 0 Å². The van der Waals surface area contributed by atoms with Crippen LogP contribution in [-0.2, 0) is 4.74 Å². The number of methoxy groups -OCH3 is 1. The van der Waals surface area contributed by atoms with Gasteiger partial charge in [0.2, 0.25) is 0 Å². The maximum atomic E-state index is 5.42. The van der Waals surface area contributed by atoms with E-state index in [-0.39, 0.29) is 6.04 Å². The van der Waals surface area contributed by atoms with Crippen molar-refractivity contribution < 1.29 is 4.74 Å². The predicted octanol–water partition coefficient (Wildman–Crippen LogP) is 0.458. The van der Waals surface area contributed by atoms with Gasteiger partial charge in [-0.05, 0) is 13.3 Å². The Morgan fingerprint density at radius 1 is 1.75 bits per heavy atom. The smallest absolute Gasteiger partial charge is 0.165 e. The number of ether oxygens (including phenoxy) is 1. The van der Waals surface area contributed by atoms with Gasteiger partial charge in [-0.2, -0.15) is 0 Å². The number of anilines is 1. The quantitative estimate of drug-likeness (QED) is 0.712. The van der Waals surface area contributed by atoms with Gasteiger partial charge in [-0.15, -0.1) is 5.10 Å². The van der Waals surface area contributed by atoms with Crippen molar-refractivity contribution in [2.45, 2.75) is 19.4 Å². The van der Waals surface area contributed by atoms with Gasteiger partial charge in [0.1, 0.15) is 0 Å². The van der Waals surface area contributed by atoms with Gasteiger partial charge in [-0.25, -0.2) is 4.68 Å². The molecule has 1 rings (SSSR count). The first-order chi connectivity index (χ1) is 5.74. The third kappa shape index (κ3) is 2.20. The molecule has 1 heterocycles. The Hall–Kier alpha value is -1.10. The monoisotopic (exact) mass is 170 g/mol. The average molecular weight is 170 g/mol. The molecule has 12 heavy (non-hydrogen) atoms. The molecule has 0 amide bonds. The van der Waals surface area contributed by atoms with Crippen LogP contribution in [0.1, 0.15) is 19.4 Å². The Morgan fingerprint density at radius 2 is 2.50 bits per heavy atom. The Balaban J connectivity index is 2.47. The van der Waals surface area contributed by atoms with Crippen LogP contribution in [0.15, 0.2) is 6.20 Å². The molecule has 1 unspecified atom stereocenters. The van der Waals surface area contributed by atoms with Crippen LogP contribution in [0.25, 0.3) is 0 Å². The summed E-state index contributed by atoms with van der Waals surface area (Å²) in [6, 6.07) is 0.287. The highest BCUT2D eigenvalue weighted by Crippen LogP contribution is 2.09. The van der Waals surface area contributed by atoms with E-state index >= 15 is 0 Å². The van der Waals surface area contributed by atoms with Gasteiger partial charge in [0, 0.05) is 13.7 Å². The van der Waals surface area contributed by atoms with Crippen LogP contribution in [0, 0.1) is 0 Å². The third-order valence-corrected chi connectivity index (χ3v) is 1.72. The van der Waals surface area contributed by atoms with Gasteiger partial charge in [0.25, 0.3) is 0 Å². The van der Waals surface area contributed by atoms with E-state index < -0.39 is 0 Å². The Kier molecular flexibility index (Phi) is 3.04. The summed E-state index contributed by atoms with van der Waals surface area (Å²) < 4.78 is 6.69. The highest BCUT2D eigenvalue weighted by Gasteiger charge is 2.05. The van der Waals surface area contributed by atoms with E-state index in [1.165, 1.54) is 0 Å². The van der Waals surface area contributed by atoms with Crippen LogP contribution in [0.3, 0.4) is 0 Å². The summed E-state index contributed by atoms with van der Waals surface area (Å²) in [5.41, 5.74) is 5.42. The highest BCUT2D eigenvalue weighted by molar-refractivity contribution is 5.19. The summed E-state index contributed by atoms with van der Waals surface area (Å²) in [5.74, 6) is 0.458. The number of nitrogens with two attached hydrogens (primary N) is 1. The van der Waals surface area contributed by atoms with Gasteiger partial charge in [0.05, 0.1) is 12.2 Å². The average Bonchev–Trinajstić information content (AvgIpc) is 2.47. The number of nitrogens with zero attached hydrogens (tertiary/aromatic N) is 3. The molecule has 5 heteroatoms. The maximum absolute atomic E-state index is 5.42. The van der Waals surface area contributed by atoms with E-state index in [9.17, 15) is 0 Å². The molecule has 0 aliphatic carbocycles. The van der Waals surface area contributed by atoms with E-state index in [4.69, 9.17) is 10.5 Å². The first-order valence-electron chi connectivity index (χ1n) is 3.90. The lowest BCUT2D eigenvalue weighted by Crippen LogP contribution is -2.08. The summed E-state index contributed by atoms with van der Waals surface area (Å²) in [6.07, 6.45) is 2.64. The Labute approximate surface area is 71.5 Å². The first-order valence-corrected chi connectivity index (χ1v) is 3.90. The van der Waals surface area contributed by atoms with Gasteiger partial charge < -0.3 is 10.5 Å². The summed E-state index contributed by atoms with van der Waals surface area (Å²) in [7, 11) is 1.68. The van der Waals surface area contributed by atoms with Crippen molar-refractivity contribution in [3.63, 3.8) is 0 Å². The molecular weight excluding hydrogens is 156 g/mol. The molecule has 0 spiro atoms. The van der Waals surface area contributed by atoms with Crippen LogP contribution in [0.5, 0.6) is 0 Å². The number of hydrogen-bond acceptors (Lipinski definition) is 4. The predicted molar refractivity (Wildman–Crippen MR) is 45.6 cm³/mol. The lowest BCUT2D eigenvalue weighted by molar-refractivity contribution is 0.178. The number of hydrogen-bond donors (Lipinski definition) is 1. The van der Waals surface area contributed by atoms with Crippen LogP contribution in [0.4, 0.5) is 5.82 Å². The topological polar surface area (TPSA) is 66.0 Å². The second-order valence-corrected chi connectivity index (χ2v) is 2.75. The van der Waals surface area contributed by atoms with Crippen molar-refractivity contribution in [3.05, 3.63) is 6.20 Å². The van der Waals surface area contributed by atoms with Gasteiger partial charge in [-0.3, -0.25) is 0 Å². The third-order valence-electron chi connectivity index (χ3n) is 1.72. The molecule has 1 aromatic rings. The van der Waals surface area contributed by atoms with E-state index in [0.29, 0.717) is 5.82 Å². The van der Waals surface area contributed by atoms with Gasteiger partial charge in [-0.1, -0.05) is 5.21 Å². The molecule has 0 fully saturated rings. The lowest BCUT2D eigenvalue weighted by Gasteiger charge is -2.09. The minimum atomic E-state index is 0.287. The molecule has 0 bridgehead atoms. The van der Waals surface area contributed by atoms with Crippen molar-refractivity contribution in [2.75, 3.05) is 19.5 Å². The largest absolute Gasteiger partial charge is 0.385 e. The molecule has 5 nitrogen and oxygen atoms in total. The molecule has 0 radical (unpaired) electrons. The fraction of sp³-hybridized carbons (Fsp3) is 0.714. The summed E-state index contributed by atoms with van der Waals surface area (Å²) in [6.45, 7) is 2.77. The number of rotatable bonds is 4. The molecular formula is C7H14N4O. The van der Waals surface area contributed by atoms with Crippen molar-refractivity contribution in [3.8, 4) is 0 Å². The highest BCUT2D eigenvalue weighted by atomic mass is 16.5. The summed E-state index contributed by atoms with van der Waals surface area (Å²) in [5, 5.41) is 7.55. The van der Waals surface area contributed by atoms with E-state index in [2.05, 4.69) is 10.3 Å². The van der Waals surface area contributed by atoms with Crippen LogP contribution >= 0.6 is 0 Å². The molecule has 68 valence electrons. The molecule has 1 aromatic heterocycles. The number of aromatic nitrogens is 3. The molecule has 0 aliphatic rings. The standard InChI is InChI=1S/C7H14N4O/c1-6(3-4-12-2)11-5-7(8)9-10-11/h5-6H,3-4,8H2,1-2H3. The van der Waals surface area contributed by atoms with Crippen molar-refractivity contribution in [2.24, 2.45) is 0 Å². The fourth-order valence-electron chi connectivity index (χ4n) is 0.927. The van der Waals surface area contributed by atoms with E-state index in [0.717, 1.165) is 13.0 Å². The SMILES string of the molecule is COCCC(C)n1cc(N)nn1.